The van der Waals surface area contributed by atoms with Gasteiger partial charge in [0.25, 0.3) is 0 Å². The van der Waals surface area contributed by atoms with E-state index in [0.29, 0.717) is 0 Å². The van der Waals surface area contributed by atoms with Gasteiger partial charge >= 0.3 is 0 Å². The second-order valence-corrected chi connectivity index (χ2v) is 5.20. The maximum absolute atomic E-state index is 4.43. The monoisotopic (exact) mass is 280 g/mol. The summed E-state index contributed by atoms with van der Waals surface area (Å²) < 4.78 is 1.88. The van der Waals surface area contributed by atoms with Gasteiger partial charge in [0.2, 0.25) is 0 Å². The van der Waals surface area contributed by atoms with Gasteiger partial charge in [-0.25, -0.2) is 4.52 Å². The molecule has 0 radical (unpaired) electrons. The molecule has 3 rings (SSSR count). The Morgan fingerprint density at radius 1 is 1.19 bits per heavy atom. The van der Waals surface area contributed by atoms with Gasteiger partial charge in [-0.15, -0.1) is 0 Å². The fourth-order valence-electron chi connectivity index (χ4n) is 2.58. The third kappa shape index (κ3) is 3.11. The first-order valence-electron chi connectivity index (χ1n) is 7.43. The van der Waals surface area contributed by atoms with E-state index in [1.807, 2.05) is 23.1 Å². The molecule has 2 aromatic heterocycles. The number of nitrogens with one attached hydrogen (secondary N) is 1. The van der Waals surface area contributed by atoms with Gasteiger partial charge < -0.3 is 5.32 Å². The Morgan fingerprint density at radius 2 is 2.05 bits per heavy atom. The molecule has 0 aliphatic heterocycles. The predicted octanol–water partition coefficient (Wildman–Crippen LogP) is 3.01. The average Bonchev–Trinajstić information content (AvgIpc) is 2.96. The van der Waals surface area contributed by atoms with Crippen LogP contribution >= 0.6 is 0 Å². The van der Waals surface area contributed by atoms with Gasteiger partial charge in [0.05, 0.1) is 17.9 Å². The normalized spacial score (nSPS) is 12.6. The fraction of sp³-hybridized carbons (Fsp3) is 0.294. The second-order valence-electron chi connectivity index (χ2n) is 5.20. The van der Waals surface area contributed by atoms with Gasteiger partial charge in [0, 0.05) is 24.0 Å². The zero-order chi connectivity index (χ0) is 14.5. The van der Waals surface area contributed by atoms with Crippen LogP contribution in [0.4, 0.5) is 0 Å². The van der Waals surface area contributed by atoms with E-state index < -0.39 is 0 Å². The standard InChI is InChI=1S/C17H20N4/c1-2-8-19-16(11-14-6-4-3-5-7-14)15-12-20-21-10-9-18-13-17(15)21/h3-7,9-10,12-13,16,19H,2,8,11H2,1H3. The van der Waals surface area contributed by atoms with Gasteiger partial charge in [0.1, 0.15) is 0 Å². The quantitative estimate of drug-likeness (QED) is 0.754. The molecule has 21 heavy (non-hydrogen) atoms. The van der Waals surface area contributed by atoms with Gasteiger partial charge in [-0.2, -0.15) is 5.10 Å². The molecule has 0 aliphatic rings. The molecule has 1 N–H and O–H groups in total. The third-order valence-corrected chi connectivity index (χ3v) is 3.65. The van der Waals surface area contributed by atoms with Crippen molar-refractivity contribution in [1.82, 2.24) is 19.9 Å². The van der Waals surface area contributed by atoms with Crippen LogP contribution in [0.3, 0.4) is 0 Å². The summed E-state index contributed by atoms with van der Waals surface area (Å²) in [5.74, 6) is 0. The summed E-state index contributed by atoms with van der Waals surface area (Å²) in [7, 11) is 0. The van der Waals surface area contributed by atoms with Crippen LogP contribution in [0.1, 0.15) is 30.5 Å². The van der Waals surface area contributed by atoms with Crippen molar-refractivity contribution in [2.45, 2.75) is 25.8 Å². The SMILES string of the molecule is CCCNC(Cc1ccccc1)c1cnn2ccncc12. The highest BCUT2D eigenvalue weighted by molar-refractivity contribution is 5.53. The Kier molecular flexibility index (Phi) is 4.26. The first-order valence-corrected chi connectivity index (χ1v) is 7.43. The molecule has 0 spiro atoms. The van der Waals surface area contributed by atoms with Crippen LogP contribution in [-0.2, 0) is 6.42 Å². The van der Waals surface area contributed by atoms with Crippen molar-refractivity contribution in [2.24, 2.45) is 0 Å². The summed E-state index contributed by atoms with van der Waals surface area (Å²) in [6.45, 7) is 3.18. The third-order valence-electron chi connectivity index (χ3n) is 3.65. The highest BCUT2D eigenvalue weighted by Gasteiger charge is 2.16. The van der Waals surface area contributed by atoms with Crippen LogP contribution in [0, 0.1) is 0 Å². The molecule has 0 aliphatic carbocycles. The molecule has 1 atom stereocenters. The summed E-state index contributed by atoms with van der Waals surface area (Å²) in [6.07, 6.45) is 9.55. The van der Waals surface area contributed by atoms with Crippen molar-refractivity contribution in [1.29, 1.82) is 0 Å². The lowest BCUT2D eigenvalue weighted by atomic mass is 10.00. The van der Waals surface area contributed by atoms with Crippen molar-refractivity contribution in [3.8, 4) is 0 Å². The Bertz CT molecular complexity index is 690. The van der Waals surface area contributed by atoms with Crippen molar-refractivity contribution < 1.29 is 0 Å². The zero-order valence-corrected chi connectivity index (χ0v) is 12.2. The fourth-order valence-corrected chi connectivity index (χ4v) is 2.58. The van der Waals surface area contributed by atoms with Crippen LogP contribution < -0.4 is 5.32 Å². The summed E-state index contributed by atoms with van der Waals surface area (Å²) in [6, 6.07) is 10.8. The van der Waals surface area contributed by atoms with Gasteiger partial charge in [-0.3, -0.25) is 4.98 Å². The molecule has 1 unspecified atom stereocenters. The smallest absolute Gasteiger partial charge is 0.0892 e. The van der Waals surface area contributed by atoms with E-state index >= 15 is 0 Å². The Labute approximate surface area is 124 Å². The lowest BCUT2D eigenvalue weighted by molar-refractivity contribution is 0.532. The van der Waals surface area contributed by atoms with Crippen molar-refractivity contribution in [2.75, 3.05) is 6.54 Å². The molecule has 0 amide bonds. The molecule has 1 aromatic carbocycles. The van der Waals surface area contributed by atoms with Crippen LogP contribution in [0.5, 0.6) is 0 Å². The van der Waals surface area contributed by atoms with Crippen LogP contribution in [0.25, 0.3) is 5.52 Å². The molecular formula is C17H20N4. The first kappa shape index (κ1) is 13.8. The predicted molar refractivity (Wildman–Crippen MR) is 84.2 cm³/mol. The molecule has 0 bridgehead atoms. The van der Waals surface area contributed by atoms with E-state index in [9.17, 15) is 0 Å². The Morgan fingerprint density at radius 3 is 2.86 bits per heavy atom. The number of benzene rings is 1. The minimum Gasteiger partial charge on any atom is -0.310 e. The highest BCUT2D eigenvalue weighted by Crippen LogP contribution is 2.22. The molecular weight excluding hydrogens is 260 g/mol. The maximum Gasteiger partial charge on any atom is 0.0892 e. The van der Waals surface area contributed by atoms with E-state index in [0.717, 1.165) is 24.9 Å². The molecule has 108 valence electrons. The summed E-state index contributed by atoms with van der Waals surface area (Å²) >= 11 is 0. The molecule has 0 fully saturated rings. The summed E-state index contributed by atoms with van der Waals surface area (Å²) in [5.41, 5.74) is 3.61. The van der Waals surface area contributed by atoms with Crippen molar-refractivity contribution in [3.63, 3.8) is 0 Å². The van der Waals surface area contributed by atoms with Crippen LogP contribution in [0.15, 0.2) is 55.1 Å². The van der Waals surface area contributed by atoms with Gasteiger partial charge in [0.15, 0.2) is 0 Å². The second kappa shape index (κ2) is 6.50. The zero-order valence-electron chi connectivity index (χ0n) is 12.2. The number of fused-ring (bicyclic) bond motifs is 1. The molecule has 3 aromatic rings. The topological polar surface area (TPSA) is 42.2 Å². The molecule has 0 saturated carbocycles. The highest BCUT2D eigenvalue weighted by atomic mass is 15.2. The summed E-state index contributed by atoms with van der Waals surface area (Å²) in [4.78, 5) is 4.23. The minimum atomic E-state index is 0.258. The number of hydrogen-bond donors (Lipinski definition) is 1. The minimum absolute atomic E-state index is 0.258. The number of hydrogen-bond acceptors (Lipinski definition) is 3. The number of rotatable bonds is 6. The van der Waals surface area contributed by atoms with Crippen molar-refractivity contribution >= 4 is 5.52 Å². The van der Waals surface area contributed by atoms with E-state index in [4.69, 9.17) is 0 Å². The Hall–Kier alpha value is -2.20. The largest absolute Gasteiger partial charge is 0.310 e. The molecule has 2 heterocycles. The van der Waals surface area contributed by atoms with E-state index in [1.54, 1.807) is 6.20 Å². The Balaban J connectivity index is 1.91. The lowest BCUT2D eigenvalue weighted by Gasteiger charge is -2.18. The first-order chi connectivity index (χ1) is 10.4. The van der Waals surface area contributed by atoms with E-state index in [-0.39, 0.29) is 6.04 Å². The van der Waals surface area contributed by atoms with Gasteiger partial charge in [-0.05, 0) is 24.9 Å². The molecule has 0 saturated heterocycles. The summed E-state index contributed by atoms with van der Waals surface area (Å²) in [5, 5.41) is 8.06. The average molecular weight is 280 g/mol. The maximum atomic E-state index is 4.43. The van der Waals surface area contributed by atoms with Gasteiger partial charge in [-0.1, -0.05) is 37.3 Å². The van der Waals surface area contributed by atoms with Crippen molar-refractivity contribution in [3.05, 3.63) is 66.2 Å². The number of nitrogens with zero attached hydrogens (tertiary/aromatic N) is 3. The molecule has 4 nitrogen and oxygen atoms in total. The lowest BCUT2D eigenvalue weighted by Crippen LogP contribution is -2.24. The van der Waals surface area contributed by atoms with E-state index in [2.05, 4.69) is 52.7 Å². The van der Waals surface area contributed by atoms with Crippen LogP contribution in [-0.4, -0.2) is 21.1 Å². The van der Waals surface area contributed by atoms with Crippen LogP contribution in [0.2, 0.25) is 0 Å². The number of aromatic nitrogens is 3. The van der Waals surface area contributed by atoms with E-state index in [1.165, 1.54) is 11.1 Å². The molecule has 4 heteroatoms.